The Labute approximate surface area is 221 Å². The van der Waals surface area contributed by atoms with Gasteiger partial charge in [0.25, 0.3) is 0 Å². The summed E-state index contributed by atoms with van der Waals surface area (Å²) in [5.74, 6) is -3.24. The van der Waals surface area contributed by atoms with Crippen molar-refractivity contribution in [2.24, 2.45) is 0 Å². The van der Waals surface area contributed by atoms with Crippen molar-refractivity contribution in [1.29, 1.82) is 0 Å². The van der Waals surface area contributed by atoms with Crippen LogP contribution in [-0.4, -0.2) is 37.9 Å². The van der Waals surface area contributed by atoms with Gasteiger partial charge in [0.2, 0.25) is 11.8 Å². The molecule has 0 spiro atoms. The Morgan fingerprint density at radius 2 is 1.66 bits per heavy atom. The van der Waals surface area contributed by atoms with Crippen LogP contribution in [0.1, 0.15) is 67.6 Å². The maximum absolute atomic E-state index is 13.8. The highest BCUT2D eigenvalue weighted by Crippen LogP contribution is 2.20. The number of carbonyl (C=O) groups excluding carboxylic acids is 1. The predicted molar refractivity (Wildman–Crippen MR) is 139 cm³/mol. The number of ether oxygens (including phenoxy) is 1. The van der Waals surface area contributed by atoms with Crippen LogP contribution in [0, 0.1) is 11.6 Å². The Balaban J connectivity index is 0.000000428. The van der Waals surface area contributed by atoms with Crippen LogP contribution in [0.25, 0.3) is 0 Å². The van der Waals surface area contributed by atoms with Gasteiger partial charge in [-0.05, 0) is 30.5 Å². The molecule has 0 unspecified atom stereocenters. The van der Waals surface area contributed by atoms with Gasteiger partial charge >= 0.3 is 5.97 Å². The lowest BCUT2D eigenvalue weighted by atomic mass is 9.95. The number of carboxylic acid groups (broad SMARTS) is 1. The van der Waals surface area contributed by atoms with Crippen LogP contribution in [0.5, 0.6) is 5.88 Å². The molecule has 1 fully saturated rings. The molecule has 0 bridgehead atoms. The van der Waals surface area contributed by atoms with Gasteiger partial charge in [0.05, 0.1) is 12.2 Å². The second kappa shape index (κ2) is 16.1. The van der Waals surface area contributed by atoms with E-state index in [-0.39, 0.29) is 42.2 Å². The molecule has 3 N–H and O–H groups in total. The number of nitrogens with one attached hydrogen (secondary N) is 1. The summed E-state index contributed by atoms with van der Waals surface area (Å²) in [5.41, 5.74) is 0.348. The van der Waals surface area contributed by atoms with E-state index in [1.165, 1.54) is 6.07 Å². The number of benzene rings is 2. The number of aliphatic hydroxyl groups is 1. The lowest BCUT2D eigenvalue weighted by Crippen LogP contribution is -2.38. The summed E-state index contributed by atoms with van der Waals surface area (Å²) in [4.78, 5) is 23.5. The number of aliphatic hydroxyl groups excluding tert-OH is 1. The van der Waals surface area contributed by atoms with E-state index in [1.54, 1.807) is 0 Å². The quantitative estimate of drug-likeness (QED) is 0.373. The van der Waals surface area contributed by atoms with Gasteiger partial charge in [-0.2, -0.15) is 5.10 Å². The van der Waals surface area contributed by atoms with Crippen molar-refractivity contribution >= 4 is 11.9 Å². The van der Waals surface area contributed by atoms with Crippen molar-refractivity contribution in [3.8, 4) is 5.88 Å². The molecular weight excluding hydrogens is 496 g/mol. The molecule has 3 aromatic rings. The molecule has 38 heavy (non-hydrogen) atoms. The van der Waals surface area contributed by atoms with Crippen LogP contribution in [0.2, 0.25) is 0 Å². The molecule has 1 aromatic heterocycles. The highest BCUT2D eigenvalue weighted by molar-refractivity contribution is 5.85. The maximum atomic E-state index is 13.8. The molecule has 4 rings (SSSR count). The fourth-order valence-corrected chi connectivity index (χ4v) is 3.79. The summed E-state index contributed by atoms with van der Waals surface area (Å²) >= 11 is 0. The normalized spacial score (nSPS) is 12.9. The van der Waals surface area contributed by atoms with Crippen LogP contribution in [-0.2, 0) is 24.6 Å². The average molecular weight is 532 g/mol. The summed E-state index contributed by atoms with van der Waals surface area (Å²) in [6, 6.07) is 14.2. The number of carboxylic acids is 1. The predicted octanol–water partition coefficient (Wildman–Crippen LogP) is 5.09. The first-order valence-corrected chi connectivity index (χ1v) is 12.7. The molecule has 1 heterocycles. The number of aromatic nitrogens is 2. The Hall–Kier alpha value is -3.79. The number of amides is 1. The summed E-state index contributed by atoms with van der Waals surface area (Å²) in [6.45, 7) is 3.42. The van der Waals surface area contributed by atoms with Crippen LogP contribution >= 0.6 is 0 Å². The molecule has 10 heteroatoms. The van der Waals surface area contributed by atoms with Gasteiger partial charge < -0.3 is 20.3 Å². The minimum atomic E-state index is -1.30. The van der Waals surface area contributed by atoms with E-state index in [1.807, 2.05) is 44.2 Å². The Morgan fingerprint density at radius 3 is 2.21 bits per heavy atom. The van der Waals surface area contributed by atoms with Crippen molar-refractivity contribution in [2.45, 2.75) is 71.8 Å². The van der Waals surface area contributed by atoms with E-state index in [0.29, 0.717) is 0 Å². The SMILES string of the molecule is CC.O=C(Cn1nc(C(=O)O)cc1OCc1c(F)cccc1F)NC1CCCCC1.OCc1ccccc1. The molecule has 1 aliphatic rings. The van der Waals surface area contributed by atoms with Crippen LogP contribution in [0.15, 0.2) is 54.6 Å². The Morgan fingerprint density at radius 1 is 1.03 bits per heavy atom. The fourth-order valence-electron chi connectivity index (χ4n) is 3.79. The first-order chi connectivity index (χ1) is 18.4. The summed E-state index contributed by atoms with van der Waals surface area (Å²) in [5, 5.41) is 24.4. The lowest BCUT2D eigenvalue weighted by molar-refractivity contribution is -0.122. The second-order valence-electron chi connectivity index (χ2n) is 8.37. The van der Waals surface area contributed by atoms with Gasteiger partial charge in [-0.1, -0.05) is 69.5 Å². The van der Waals surface area contributed by atoms with E-state index in [4.69, 9.17) is 14.9 Å². The first-order valence-electron chi connectivity index (χ1n) is 12.7. The smallest absolute Gasteiger partial charge is 0.356 e. The molecule has 0 saturated heterocycles. The van der Waals surface area contributed by atoms with E-state index < -0.39 is 24.2 Å². The summed E-state index contributed by atoms with van der Waals surface area (Å²) < 4.78 is 34.0. The van der Waals surface area contributed by atoms with Crippen LogP contribution in [0.4, 0.5) is 8.78 Å². The van der Waals surface area contributed by atoms with Crippen molar-refractivity contribution in [1.82, 2.24) is 15.1 Å². The van der Waals surface area contributed by atoms with Crippen molar-refractivity contribution < 1.29 is 33.3 Å². The minimum absolute atomic E-state index is 0.0566. The molecule has 0 radical (unpaired) electrons. The molecule has 1 saturated carbocycles. The topological polar surface area (TPSA) is 114 Å². The third-order valence-corrected chi connectivity index (χ3v) is 5.68. The van der Waals surface area contributed by atoms with Crippen LogP contribution < -0.4 is 10.1 Å². The maximum Gasteiger partial charge on any atom is 0.356 e. The number of halogens is 2. The number of carbonyl (C=O) groups is 2. The summed E-state index contributed by atoms with van der Waals surface area (Å²) in [7, 11) is 0. The third kappa shape index (κ3) is 9.59. The summed E-state index contributed by atoms with van der Waals surface area (Å²) in [6.07, 6.45) is 5.07. The molecular formula is C28H35F2N3O5. The van der Waals surface area contributed by atoms with E-state index in [9.17, 15) is 18.4 Å². The Kier molecular flexibility index (Phi) is 12.9. The van der Waals surface area contributed by atoms with Crippen molar-refractivity contribution in [3.63, 3.8) is 0 Å². The van der Waals surface area contributed by atoms with Crippen LogP contribution in [0.3, 0.4) is 0 Å². The molecule has 206 valence electrons. The zero-order valence-corrected chi connectivity index (χ0v) is 21.7. The first kappa shape index (κ1) is 30.4. The molecule has 0 aliphatic heterocycles. The minimum Gasteiger partial charge on any atom is -0.476 e. The average Bonchev–Trinajstić information content (AvgIpc) is 3.33. The van der Waals surface area contributed by atoms with E-state index in [0.717, 1.165) is 60.5 Å². The van der Waals surface area contributed by atoms with Gasteiger partial charge in [0.1, 0.15) is 24.8 Å². The number of nitrogens with zero attached hydrogens (tertiary/aromatic N) is 2. The third-order valence-electron chi connectivity index (χ3n) is 5.68. The molecule has 1 amide bonds. The van der Waals surface area contributed by atoms with Crippen molar-refractivity contribution in [3.05, 3.63) is 83.1 Å². The van der Waals surface area contributed by atoms with E-state index >= 15 is 0 Å². The highest BCUT2D eigenvalue weighted by atomic mass is 19.1. The van der Waals surface area contributed by atoms with Gasteiger partial charge in [0.15, 0.2) is 5.69 Å². The standard InChI is InChI=1S/C19H21F2N3O4.C7H8O.C2H6/c20-14-7-4-8-15(21)13(14)11-28-18-9-16(19(26)27)23-24(18)10-17(25)22-12-5-2-1-3-6-12;8-6-7-4-2-1-3-5-7;1-2/h4,7-9,12H,1-3,5-6,10-11H2,(H,22,25)(H,26,27);1-5,8H,6H2;1-2H3. The number of hydrogen-bond acceptors (Lipinski definition) is 5. The lowest BCUT2D eigenvalue weighted by Gasteiger charge is -2.22. The second-order valence-corrected chi connectivity index (χ2v) is 8.37. The van der Waals surface area contributed by atoms with E-state index in [2.05, 4.69) is 10.4 Å². The zero-order chi connectivity index (χ0) is 27.9. The van der Waals surface area contributed by atoms with Gasteiger partial charge in [0, 0.05) is 12.1 Å². The van der Waals surface area contributed by atoms with Crippen molar-refractivity contribution in [2.75, 3.05) is 0 Å². The number of aromatic carboxylic acids is 1. The molecule has 1 aliphatic carbocycles. The monoisotopic (exact) mass is 531 g/mol. The number of rotatable bonds is 8. The molecule has 8 nitrogen and oxygen atoms in total. The Bertz CT molecular complexity index is 1130. The zero-order valence-electron chi connectivity index (χ0n) is 21.7. The van der Waals surface area contributed by atoms with Gasteiger partial charge in [-0.25, -0.2) is 18.3 Å². The highest BCUT2D eigenvalue weighted by Gasteiger charge is 2.20. The molecule has 0 atom stereocenters. The fraction of sp³-hybridized carbons (Fsp3) is 0.393. The van der Waals surface area contributed by atoms with Gasteiger partial charge in [-0.15, -0.1) is 0 Å². The number of hydrogen-bond donors (Lipinski definition) is 3. The molecule has 2 aromatic carbocycles. The van der Waals surface area contributed by atoms with Gasteiger partial charge in [-0.3, -0.25) is 4.79 Å². The largest absolute Gasteiger partial charge is 0.476 e.